The van der Waals surface area contributed by atoms with E-state index in [0.29, 0.717) is 4.90 Å². The van der Waals surface area contributed by atoms with Gasteiger partial charge in [0.15, 0.2) is 9.84 Å². The zero-order valence-corrected chi connectivity index (χ0v) is 10.7. The lowest BCUT2D eigenvalue weighted by atomic mass is 10.1. The molecule has 0 radical (unpaired) electrons. The molecule has 2 nitrogen and oxygen atoms in total. The quantitative estimate of drug-likeness (QED) is 0.852. The summed E-state index contributed by atoms with van der Waals surface area (Å²) in [5, 5.41) is 0. The molecule has 0 unspecified atom stereocenters. The summed E-state index contributed by atoms with van der Waals surface area (Å²) in [7, 11) is -3.16. The molecule has 2 rings (SSSR count). The van der Waals surface area contributed by atoms with Crippen molar-refractivity contribution in [2.24, 2.45) is 0 Å². The molecular formula is C14H13FO2S. The third-order valence-electron chi connectivity index (χ3n) is 2.77. The molecule has 4 heteroatoms. The molecule has 2 aromatic rings. The second-order valence-electron chi connectivity index (χ2n) is 3.93. The van der Waals surface area contributed by atoms with Crippen LogP contribution in [0.1, 0.15) is 6.92 Å². The van der Waals surface area contributed by atoms with Crippen LogP contribution in [0, 0.1) is 5.82 Å². The van der Waals surface area contributed by atoms with Crippen molar-refractivity contribution in [2.75, 3.05) is 5.75 Å². The van der Waals surface area contributed by atoms with Gasteiger partial charge in [-0.25, -0.2) is 12.8 Å². The van der Waals surface area contributed by atoms with Gasteiger partial charge in [0, 0.05) is 0 Å². The predicted molar refractivity (Wildman–Crippen MR) is 69.6 cm³/mol. The highest BCUT2D eigenvalue weighted by atomic mass is 32.2. The highest BCUT2D eigenvalue weighted by Crippen LogP contribution is 2.22. The van der Waals surface area contributed by atoms with Gasteiger partial charge in [0.25, 0.3) is 0 Å². The standard InChI is InChI=1S/C14H13FO2S/c1-2-18(16,17)14-9-5-12(6-10-14)11-3-7-13(15)8-4-11/h3-10H,2H2,1H3. The molecule has 94 valence electrons. The Hall–Kier alpha value is -1.68. The molecule has 0 aliphatic carbocycles. The van der Waals surface area contributed by atoms with Crippen molar-refractivity contribution < 1.29 is 12.8 Å². The first-order valence-electron chi connectivity index (χ1n) is 5.61. The molecule has 0 aromatic heterocycles. The number of rotatable bonds is 3. The van der Waals surface area contributed by atoms with E-state index >= 15 is 0 Å². The summed E-state index contributed by atoms with van der Waals surface area (Å²) in [5.74, 6) is -0.202. The minimum atomic E-state index is -3.16. The lowest BCUT2D eigenvalue weighted by molar-refractivity contribution is 0.597. The van der Waals surface area contributed by atoms with Crippen molar-refractivity contribution in [1.82, 2.24) is 0 Å². The minimum Gasteiger partial charge on any atom is -0.224 e. The van der Waals surface area contributed by atoms with Crippen LogP contribution in [0.3, 0.4) is 0 Å². The average Bonchev–Trinajstić information content (AvgIpc) is 2.40. The summed E-state index contributed by atoms with van der Waals surface area (Å²) in [6.45, 7) is 1.61. The second-order valence-corrected chi connectivity index (χ2v) is 6.21. The van der Waals surface area contributed by atoms with E-state index in [2.05, 4.69) is 0 Å². The number of benzene rings is 2. The van der Waals surface area contributed by atoms with Crippen LogP contribution < -0.4 is 0 Å². The Bertz CT molecular complexity index is 628. The smallest absolute Gasteiger partial charge is 0.178 e. The van der Waals surface area contributed by atoms with Gasteiger partial charge in [0.2, 0.25) is 0 Å². The van der Waals surface area contributed by atoms with Gasteiger partial charge in [0.05, 0.1) is 10.6 Å². The van der Waals surface area contributed by atoms with Crippen molar-refractivity contribution >= 4 is 9.84 Å². The SMILES string of the molecule is CCS(=O)(=O)c1ccc(-c2ccc(F)cc2)cc1. The molecule has 2 aromatic carbocycles. The van der Waals surface area contributed by atoms with Crippen molar-refractivity contribution in [1.29, 1.82) is 0 Å². The summed E-state index contributed by atoms with van der Waals surface area (Å²) >= 11 is 0. The largest absolute Gasteiger partial charge is 0.224 e. The number of sulfone groups is 1. The van der Waals surface area contributed by atoms with E-state index in [4.69, 9.17) is 0 Å². The van der Waals surface area contributed by atoms with Gasteiger partial charge >= 0.3 is 0 Å². The molecule has 0 amide bonds. The Morgan fingerprint density at radius 1 is 0.889 bits per heavy atom. The molecule has 0 saturated carbocycles. The maximum absolute atomic E-state index is 12.8. The van der Waals surface area contributed by atoms with E-state index in [-0.39, 0.29) is 11.6 Å². The predicted octanol–water partition coefficient (Wildman–Crippen LogP) is 3.29. The lowest BCUT2D eigenvalue weighted by Gasteiger charge is -2.04. The normalized spacial score (nSPS) is 11.4. The van der Waals surface area contributed by atoms with Crippen LogP contribution in [-0.2, 0) is 9.84 Å². The van der Waals surface area contributed by atoms with Gasteiger partial charge in [-0.05, 0) is 35.4 Å². The van der Waals surface area contributed by atoms with E-state index in [0.717, 1.165) is 11.1 Å². The summed E-state index contributed by atoms with van der Waals surface area (Å²) in [5.41, 5.74) is 1.72. The van der Waals surface area contributed by atoms with Crippen LogP contribution in [0.4, 0.5) is 4.39 Å². The highest BCUT2D eigenvalue weighted by Gasteiger charge is 2.10. The molecule has 0 bridgehead atoms. The molecular weight excluding hydrogens is 251 g/mol. The average molecular weight is 264 g/mol. The Kier molecular flexibility index (Phi) is 3.48. The molecule has 0 N–H and O–H groups in total. The lowest BCUT2D eigenvalue weighted by Crippen LogP contribution is -2.03. The summed E-state index contributed by atoms with van der Waals surface area (Å²) in [6.07, 6.45) is 0. The first-order chi connectivity index (χ1) is 8.53. The monoisotopic (exact) mass is 264 g/mol. The first-order valence-corrected chi connectivity index (χ1v) is 7.27. The Morgan fingerprint density at radius 2 is 1.33 bits per heavy atom. The van der Waals surface area contributed by atoms with Crippen molar-refractivity contribution in [3.8, 4) is 11.1 Å². The minimum absolute atomic E-state index is 0.0862. The summed E-state index contributed by atoms with van der Waals surface area (Å²) < 4.78 is 36.1. The molecule has 0 saturated heterocycles. The van der Waals surface area contributed by atoms with E-state index in [1.807, 2.05) is 0 Å². The topological polar surface area (TPSA) is 34.1 Å². The number of hydrogen-bond donors (Lipinski definition) is 0. The highest BCUT2D eigenvalue weighted by molar-refractivity contribution is 7.91. The summed E-state index contributed by atoms with van der Waals surface area (Å²) in [4.78, 5) is 0.316. The zero-order valence-electron chi connectivity index (χ0n) is 9.93. The number of hydrogen-bond acceptors (Lipinski definition) is 2. The Balaban J connectivity index is 2.36. The molecule has 0 fully saturated rings. The van der Waals surface area contributed by atoms with Gasteiger partial charge in [-0.15, -0.1) is 0 Å². The maximum Gasteiger partial charge on any atom is 0.178 e. The van der Waals surface area contributed by atoms with Crippen LogP contribution in [0.5, 0.6) is 0 Å². The van der Waals surface area contributed by atoms with Crippen molar-refractivity contribution in [3.63, 3.8) is 0 Å². The van der Waals surface area contributed by atoms with Crippen molar-refractivity contribution in [3.05, 3.63) is 54.3 Å². The Morgan fingerprint density at radius 3 is 1.78 bits per heavy atom. The third-order valence-corrected chi connectivity index (χ3v) is 4.52. The van der Waals surface area contributed by atoms with Crippen LogP contribution in [0.15, 0.2) is 53.4 Å². The maximum atomic E-state index is 12.8. The third kappa shape index (κ3) is 2.59. The van der Waals surface area contributed by atoms with Gasteiger partial charge in [-0.2, -0.15) is 0 Å². The van der Waals surface area contributed by atoms with E-state index < -0.39 is 9.84 Å². The fourth-order valence-electron chi connectivity index (χ4n) is 1.66. The van der Waals surface area contributed by atoms with Crippen LogP contribution in [0.2, 0.25) is 0 Å². The molecule has 0 aliphatic rings. The van der Waals surface area contributed by atoms with Crippen LogP contribution in [-0.4, -0.2) is 14.2 Å². The van der Waals surface area contributed by atoms with Gasteiger partial charge in [-0.3, -0.25) is 0 Å². The van der Waals surface area contributed by atoms with E-state index in [1.54, 1.807) is 43.3 Å². The zero-order chi connectivity index (χ0) is 13.2. The molecule has 0 heterocycles. The van der Waals surface area contributed by atoms with Gasteiger partial charge in [0.1, 0.15) is 5.82 Å². The molecule has 0 aliphatic heterocycles. The molecule has 0 atom stereocenters. The van der Waals surface area contributed by atoms with Crippen molar-refractivity contribution in [2.45, 2.75) is 11.8 Å². The molecule has 18 heavy (non-hydrogen) atoms. The fraction of sp³-hybridized carbons (Fsp3) is 0.143. The van der Waals surface area contributed by atoms with Crippen LogP contribution >= 0.6 is 0 Å². The van der Waals surface area contributed by atoms with Gasteiger partial charge < -0.3 is 0 Å². The van der Waals surface area contributed by atoms with Gasteiger partial charge in [-0.1, -0.05) is 31.2 Å². The van der Waals surface area contributed by atoms with Crippen LogP contribution in [0.25, 0.3) is 11.1 Å². The van der Waals surface area contributed by atoms with E-state index in [1.165, 1.54) is 12.1 Å². The second kappa shape index (κ2) is 4.90. The fourth-order valence-corrected chi connectivity index (χ4v) is 2.55. The molecule has 0 spiro atoms. The Labute approximate surface area is 106 Å². The summed E-state index contributed by atoms with van der Waals surface area (Å²) in [6, 6.07) is 12.7. The number of halogens is 1. The van der Waals surface area contributed by atoms with E-state index in [9.17, 15) is 12.8 Å². The first kappa shape index (κ1) is 12.8.